The molecule has 0 aliphatic heterocycles. The van der Waals surface area contributed by atoms with E-state index in [1.54, 1.807) is 0 Å². The molecular weight excluding hydrogens is 275 g/mol. The van der Waals surface area contributed by atoms with Crippen LogP contribution in [-0.2, 0) is 10.0 Å². The van der Waals surface area contributed by atoms with Crippen molar-refractivity contribution in [1.82, 2.24) is 5.32 Å². The highest BCUT2D eigenvalue weighted by Crippen LogP contribution is 2.30. The number of carbonyl (C=O) groups excluding carboxylic acids is 1. The van der Waals surface area contributed by atoms with Gasteiger partial charge in [0.15, 0.2) is 0 Å². The SMILES string of the molecule is CNC(=O)c1c(Cl)ccc(S(N)(=O)=O)c1Cl. The number of rotatable bonds is 2. The van der Waals surface area contributed by atoms with Crippen molar-refractivity contribution in [2.24, 2.45) is 5.14 Å². The lowest BCUT2D eigenvalue weighted by molar-refractivity contribution is 0.0963. The molecule has 88 valence electrons. The highest BCUT2D eigenvalue weighted by Gasteiger charge is 2.21. The molecule has 16 heavy (non-hydrogen) atoms. The molecule has 8 heteroatoms. The van der Waals surface area contributed by atoms with Crippen LogP contribution in [0.15, 0.2) is 17.0 Å². The van der Waals surface area contributed by atoms with Gasteiger partial charge in [-0.25, -0.2) is 13.6 Å². The van der Waals surface area contributed by atoms with Gasteiger partial charge in [0.1, 0.15) is 4.90 Å². The van der Waals surface area contributed by atoms with E-state index in [1.165, 1.54) is 13.1 Å². The molecule has 0 fully saturated rings. The van der Waals surface area contributed by atoms with Crippen LogP contribution in [0.4, 0.5) is 0 Å². The third-order valence-electron chi connectivity index (χ3n) is 1.82. The smallest absolute Gasteiger partial charge is 0.254 e. The number of sulfonamides is 1. The van der Waals surface area contributed by atoms with Gasteiger partial charge in [0.25, 0.3) is 5.91 Å². The molecule has 3 N–H and O–H groups in total. The van der Waals surface area contributed by atoms with Crippen molar-refractivity contribution in [2.75, 3.05) is 7.05 Å². The van der Waals surface area contributed by atoms with Crippen molar-refractivity contribution in [1.29, 1.82) is 0 Å². The highest BCUT2D eigenvalue weighted by molar-refractivity contribution is 7.89. The van der Waals surface area contributed by atoms with Crippen LogP contribution in [0.3, 0.4) is 0 Å². The van der Waals surface area contributed by atoms with E-state index in [2.05, 4.69) is 5.32 Å². The van der Waals surface area contributed by atoms with Crippen molar-refractivity contribution in [2.45, 2.75) is 4.90 Å². The summed E-state index contributed by atoms with van der Waals surface area (Å²) in [6, 6.07) is 2.39. The number of halogens is 2. The topological polar surface area (TPSA) is 89.3 Å². The van der Waals surface area contributed by atoms with Gasteiger partial charge in [-0.1, -0.05) is 23.2 Å². The summed E-state index contributed by atoms with van der Waals surface area (Å²) in [5.74, 6) is -0.583. The van der Waals surface area contributed by atoms with Gasteiger partial charge < -0.3 is 5.32 Å². The first-order valence-electron chi connectivity index (χ1n) is 4.02. The summed E-state index contributed by atoms with van der Waals surface area (Å²) in [5, 5.41) is 7.00. The lowest BCUT2D eigenvalue weighted by Gasteiger charge is -2.08. The second-order valence-electron chi connectivity index (χ2n) is 2.86. The predicted molar refractivity (Wildman–Crippen MR) is 61.2 cm³/mol. The fourth-order valence-corrected chi connectivity index (χ4v) is 2.56. The Bertz CT molecular complexity index is 542. The Labute approximate surface area is 103 Å². The monoisotopic (exact) mass is 282 g/mol. The van der Waals surface area contributed by atoms with Crippen LogP contribution in [0.2, 0.25) is 10.0 Å². The first kappa shape index (κ1) is 13.2. The summed E-state index contributed by atoms with van der Waals surface area (Å²) >= 11 is 11.5. The van der Waals surface area contributed by atoms with Gasteiger partial charge in [-0.05, 0) is 12.1 Å². The zero-order valence-electron chi connectivity index (χ0n) is 8.12. The van der Waals surface area contributed by atoms with E-state index in [9.17, 15) is 13.2 Å². The molecule has 0 aliphatic carbocycles. The Morgan fingerprint density at radius 2 is 1.94 bits per heavy atom. The zero-order chi connectivity index (χ0) is 12.5. The maximum atomic E-state index is 11.4. The van der Waals surface area contributed by atoms with Crippen LogP contribution < -0.4 is 10.5 Å². The molecule has 5 nitrogen and oxygen atoms in total. The van der Waals surface area contributed by atoms with Gasteiger partial charge in [-0.3, -0.25) is 4.79 Å². The Hall–Kier alpha value is -0.820. The van der Waals surface area contributed by atoms with E-state index < -0.39 is 15.9 Å². The minimum Gasteiger partial charge on any atom is -0.355 e. The van der Waals surface area contributed by atoms with E-state index in [0.717, 1.165) is 6.07 Å². The number of primary sulfonamides is 1. The molecule has 1 aromatic carbocycles. The number of hydrogen-bond acceptors (Lipinski definition) is 3. The minimum absolute atomic E-state index is 0.0525. The predicted octanol–water partition coefficient (Wildman–Crippen LogP) is 1.00. The molecule has 0 aliphatic rings. The van der Waals surface area contributed by atoms with Crippen LogP contribution in [0.25, 0.3) is 0 Å². The third-order valence-corrected chi connectivity index (χ3v) is 3.59. The van der Waals surface area contributed by atoms with Crippen molar-refractivity contribution in [3.05, 3.63) is 27.7 Å². The molecule has 0 unspecified atom stereocenters. The number of nitrogens with one attached hydrogen (secondary N) is 1. The number of nitrogens with two attached hydrogens (primary N) is 1. The molecular formula is C8H8Cl2N2O3S. The van der Waals surface area contributed by atoms with Crippen LogP contribution in [0.5, 0.6) is 0 Å². The lowest BCUT2D eigenvalue weighted by Crippen LogP contribution is -2.21. The van der Waals surface area contributed by atoms with Gasteiger partial charge in [-0.2, -0.15) is 0 Å². The summed E-state index contributed by atoms with van der Waals surface area (Å²) in [6.07, 6.45) is 0. The quantitative estimate of drug-likeness (QED) is 0.848. The van der Waals surface area contributed by atoms with E-state index >= 15 is 0 Å². The standard InChI is InChI=1S/C8H8Cl2N2O3S/c1-12-8(13)6-4(9)2-3-5(7(6)10)16(11,14)15/h2-3H,1H3,(H,12,13)(H2,11,14,15). The van der Waals surface area contributed by atoms with Gasteiger partial charge in [0.2, 0.25) is 10.0 Å². The van der Waals surface area contributed by atoms with Gasteiger partial charge in [-0.15, -0.1) is 0 Å². The number of hydrogen-bond donors (Lipinski definition) is 2. The average Bonchev–Trinajstić information content (AvgIpc) is 2.15. The Morgan fingerprint density at radius 1 is 1.38 bits per heavy atom. The van der Waals surface area contributed by atoms with E-state index in [4.69, 9.17) is 28.3 Å². The van der Waals surface area contributed by atoms with Gasteiger partial charge in [0, 0.05) is 7.05 Å². The molecule has 0 saturated carbocycles. The molecule has 0 aromatic heterocycles. The first-order chi connectivity index (χ1) is 7.29. The van der Waals surface area contributed by atoms with Gasteiger partial charge >= 0.3 is 0 Å². The molecule has 0 spiro atoms. The number of carbonyl (C=O) groups is 1. The first-order valence-corrected chi connectivity index (χ1v) is 6.32. The van der Waals surface area contributed by atoms with E-state index in [0.29, 0.717) is 0 Å². The average molecular weight is 283 g/mol. The molecule has 1 amide bonds. The maximum Gasteiger partial charge on any atom is 0.254 e. The Kier molecular flexibility index (Phi) is 3.80. The number of benzene rings is 1. The fourth-order valence-electron chi connectivity index (χ4n) is 1.09. The van der Waals surface area contributed by atoms with Crippen LogP contribution in [-0.4, -0.2) is 21.4 Å². The van der Waals surface area contributed by atoms with Crippen LogP contribution >= 0.6 is 23.2 Å². The van der Waals surface area contributed by atoms with E-state index in [1.807, 2.05) is 0 Å². The molecule has 1 rings (SSSR count). The van der Waals surface area contributed by atoms with Crippen molar-refractivity contribution in [3.63, 3.8) is 0 Å². The van der Waals surface area contributed by atoms with Crippen molar-refractivity contribution in [3.8, 4) is 0 Å². The minimum atomic E-state index is -3.99. The third kappa shape index (κ3) is 2.46. The molecule has 0 atom stereocenters. The summed E-state index contributed by atoms with van der Waals surface area (Å²) in [4.78, 5) is 11.1. The van der Waals surface area contributed by atoms with Crippen molar-refractivity contribution >= 4 is 39.1 Å². The maximum absolute atomic E-state index is 11.4. The normalized spacial score (nSPS) is 11.2. The summed E-state index contributed by atoms with van der Waals surface area (Å²) in [5.41, 5.74) is -0.114. The second-order valence-corrected chi connectivity index (χ2v) is 5.17. The Morgan fingerprint density at radius 3 is 2.38 bits per heavy atom. The largest absolute Gasteiger partial charge is 0.355 e. The Balaban J connectivity index is 3.57. The van der Waals surface area contributed by atoms with Gasteiger partial charge in [0.05, 0.1) is 15.6 Å². The zero-order valence-corrected chi connectivity index (χ0v) is 10.4. The molecule has 0 bridgehead atoms. The summed E-state index contributed by atoms with van der Waals surface area (Å²) in [6.45, 7) is 0. The molecule has 0 heterocycles. The summed E-state index contributed by atoms with van der Waals surface area (Å²) < 4.78 is 22.3. The highest BCUT2D eigenvalue weighted by atomic mass is 35.5. The van der Waals surface area contributed by atoms with Crippen molar-refractivity contribution < 1.29 is 13.2 Å². The van der Waals surface area contributed by atoms with Crippen LogP contribution in [0.1, 0.15) is 10.4 Å². The lowest BCUT2D eigenvalue weighted by atomic mass is 10.2. The fraction of sp³-hybridized carbons (Fsp3) is 0.125. The number of amides is 1. The van der Waals surface area contributed by atoms with E-state index in [-0.39, 0.29) is 20.5 Å². The molecule has 0 radical (unpaired) electrons. The van der Waals surface area contributed by atoms with Crippen LogP contribution in [0, 0.1) is 0 Å². The molecule has 0 saturated heterocycles. The molecule has 1 aromatic rings. The second kappa shape index (κ2) is 4.58. The summed E-state index contributed by atoms with van der Waals surface area (Å²) in [7, 11) is -2.61.